The van der Waals surface area contributed by atoms with Crippen molar-refractivity contribution in [1.29, 1.82) is 0 Å². The van der Waals surface area contributed by atoms with Crippen molar-refractivity contribution in [3.63, 3.8) is 0 Å². The number of aromatic nitrogens is 1. The van der Waals surface area contributed by atoms with Crippen LogP contribution in [0.2, 0.25) is 5.15 Å². The fourth-order valence-electron chi connectivity index (χ4n) is 0.726. The third-order valence-corrected chi connectivity index (χ3v) is 1.48. The Labute approximate surface area is 79.7 Å². The number of halogens is 1. The molecule has 0 aliphatic rings. The van der Waals surface area contributed by atoms with Crippen molar-refractivity contribution >= 4 is 23.6 Å². The lowest BCUT2D eigenvalue weighted by Gasteiger charge is -1.97. The van der Waals surface area contributed by atoms with Crippen LogP contribution in [0.4, 0.5) is 0 Å². The van der Waals surface area contributed by atoms with Crippen molar-refractivity contribution in [1.82, 2.24) is 4.98 Å². The first-order valence-corrected chi connectivity index (χ1v) is 3.80. The first-order valence-electron chi connectivity index (χ1n) is 3.42. The second kappa shape index (κ2) is 3.91. The minimum absolute atomic E-state index is 0.0538. The first kappa shape index (κ1) is 9.54. The van der Waals surface area contributed by atoms with Crippen LogP contribution in [0.15, 0.2) is 18.2 Å². The molecule has 0 spiro atoms. The molecule has 1 rings (SSSR count). The summed E-state index contributed by atoms with van der Waals surface area (Å²) in [6.07, 6.45) is 2.39. The van der Waals surface area contributed by atoms with Crippen molar-refractivity contribution in [2.75, 3.05) is 0 Å². The number of amides is 1. The molecule has 0 bridgehead atoms. The number of aromatic hydroxyl groups is 1. The fourth-order valence-corrected chi connectivity index (χ4v) is 0.880. The van der Waals surface area contributed by atoms with E-state index in [-0.39, 0.29) is 16.6 Å². The van der Waals surface area contributed by atoms with Crippen LogP contribution < -0.4 is 5.73 Å². The van der Waals surface area contributed by atoms with Crippen molar-refractivity contribution in [2.24, 2.45) is 5.73 Å². The molecule has 0 atom stereocenters. The number of hydrogen-bond acceptors (Lipinski definition) is 3. The third-order valence-electron chi connectivity index (χ3n) is 1.27. The Balaban J connectivity index is 3.00. The summed E-state index contributed by atoms with van der Waals surface area (Å²) in [5.74, 6) is -0.664. The highest BCUT2D eigenvalue weighted by atomic mass is 35.5. The predicted molar refractivity (Wildman–Crippen MR) is 49.1 cm³/mol. The van der Waals surface area contributed by atoms with Crippen LogP contribution in [0, 0.1) is 0 Å². The number of nitrogens with two attached hydrogens (primary N) is 1. The van der Waals surface area contributed by atoms with E-state index in [1.807, 2.05) is 0 Å². The summed E-state index contributed by atoms with van der Waals surface area (Å²) in [4.78, 5) is 14.1. The van der Waals surface area contributed by atoms with Crippen molar-refractivity contribution in [3.8, 4) is 5.75 Å². The Morgan fingerprint density at radius 2 is 2.31 bits per heavy atom. The molecule has 0 saturated heterocycles. The van der Waals surface area contributed by atoms with Gasteiger partial charge in [-0.3, -0.25) is 4.79 Å². The van der Waals surface area contributed by atoms with Gasteiger partial charge in [0.05, 0.1) is 0 Å². The number of nitrogens with zero attached hydrogens (tertiary/aromatic N) is 1. The van der Waals surface area contributed by atoms with Crippen LogP contribution in [0.3, 0.4) is 0 Å². The van der Waals surface area contributed by atoms with Gasteiger partial charge in [-0.2, -0.15) is 0 Å². The van der Waals surface area contributed by atoms with Crippen LogP contribution in [-0.2, 0) is 4.79 Å². The standard InChI is InChI=1S/C8H7ClN2O2/c9-7-3-2-6(12)5(11-7)1-4-8(10)13/h1-4,12H,(H2,10,13). The maximum atomic E-state index is 10.4. The highest BCUT2D eigenvalue weighted by Crippen LogP contribution is 2.18. The maximum absolute atomic E-state index is 10.4. The van der Waals surface area contributed by atoms with Crippen LogP contribution in [0.25, 0.3) is 6.08 Å². The zero-order chi connectivity index (χ0) is 9.84. The Morgan fingerprint density at radius 3 is 2.92 bits per heavy atom. The van der Waals surface area contributed by atoms with Gasteiger partial charge < -0.3 is 10.8 Å². The molecule has 0 fully saturated rings. The van der Waals surface area contributed by atoms with E-state index in [1.54, 1.807) is 0 Å². The summed E-state index contributed by atoms with van der Waals surface area (Å²) in [7, 11) is 0. The number of pyridine rings is 1. The van der Waals surface area contributed by atoms with Gasteiger partial charge in [-0.15, -0.1) is 0 Å². The van der Waals surface area contributed by atoms with Crippen LogP contribution in [-0.4, -0.2) is 16.0 Å². The number of carbonyl (C=O) groups is 1. The molecule has 1 aromatic rings. The maximum Gasteiger partial charge on any atom is 0.241 e. The van der Waals surface area contributed by atoms with Gasteiger partial charge in [-0.1, -0.05) is 11.6 Å². The van der Waals surface area contributed by atoms with E-state index in [2.05, 4.69) is 4.98 Å². The Morgan fingerprint density at radius 1 is 1.62 bits per heavy atom. The molecule has 4 nitrogen and oxygen atoms in total. The molecular formula is C8H7ClN2O2. The Bertz CT molecular complexity index is 363. The summed E-state index contributed by atoms with van der Waals surface area (Å²) < 4.78 is 0. The normalized spacial score (nSPS) is 10.5. The van der Waals surface area contributed by atoms with Crippen LogP contribution >= 0.6 is 11.6 Å². The van der Waals surface area contributed by atoms with Gasteiger partial charge in [0, 0.05) is 6.08 Å². The SMILES string of the molecule is NC(=O)C=Cc1nc(Cl)ccc1O. The Kier molecular flexibility index (Phi) is 2.87. The average Bonchev–Trinajstić information content (AvgIpc) is 2.06. The summed E-state index contributed by atoms with van der Waals surface area (Å²) in [6.45, 7) is 0. The van der Waals surface area contributed by atoms with Crippen LogP contribution in [0.1, 0.15) is 5.69 Å². The van der Waals surface area contributed by atoms with E-state index in [1.165, 1.54) is 18.2 Å². The van der Waals surface area contributed by atoms with E-state index in [9.17, 15) is 9.90 Å². The van der Waals surface area contributed by atoms with Crippen molar-refractivity contribution in [2.45, 2.75) is 0 Å². The number of primary amides is 1. The summed E-state index contributed by atoms with van der Waals surface area (Å²) in [6, 6.07) is 2.83. The molecule has 1 amide bonds. The molecule has 0 unspecified atom stereocenters. The second-order valence-electron chi connectivity index (χ2n) is 2.27. The topological polar surface area (TPSA) is 76.2 Å². The summed E-state index contributed by atoms with van der Waals surface area (Å²) in [5.41, 5.74) is 5.07. The zero-order valence-corrected chi connectivity index (χ0v) is 7.32. The number of hydrogen-bond donors (Lipinski definition) is 2. The lowest BCUT2D eigenvalue weighted by atomic mass is 10.3. The highest BCUT2D eigenvalue weighted by molar-refractivity contribution is 6.29. The van der Waals surface area contributed by atoms with E-state index >= 15 is 0 Å². The molecule has 0 aliphatic heterocycles. The molecule has 0 saturated carbocycles. The molecule has 5 heteroatoms. The molecule has 13 heavy (non-hydrogen) atoms. The summed E-state index contributed by atoms with van der Waals surface area (Å²) >= 11 is 5.56. The smallest absolute Gasteiger partial charge is 0.241 e. The van der Waals surface area contributed by atoms with Gasteiger partial charge in [0.25, 0.3) is 0 Å². The largest absolute Gasteiger partial charge is 0.506 e. The predicted octanol–water partition coefficient (Wildman–Crippen LogP) is 0.939. The van der Waals surface area contributed by atoms with Crippen LogP contribution in [0.5, 0.6) is 5.75 Å². The molecule has 1 heterocycles. The van der Waals surface area contributed by atoms with E-state index < -0.39 is 5.91 Å². The monoisotopic (exact) mass is 198 g/mol. The van der Waals surface area contributed by atoms with Gasteiger partial charge in [-0.05, 0) is 18.2 Å². The molecule has 1 aromatic heterocycles. The van der Waals surface area contributed by atoms with Gasteiger partial charge in [0.15, 0.2) is 0 Å². The average molecular weight is 199 g/mol. The minimum atomic E-state index is -0.610. The van der Waals surface area contributed by atoms with E-state index in [4.69, 9.17) is 17.3 Å². The van der Waals surface area contributed by atoms with Gasteiger partial charge >= 0.3 is 0 Å². The van der Waals surface area contributed by atoms with Crippen molar-refractivity contribution in [3.05, 3.63) is 29.1 Å². The second-order valence-corrected chi connectivity index (χ2v) is 2.66. The quantitative estimate of drug-likeness (QED) is 0.549. The lowest BCUT2D eigenvalue weighted by molar-refractivity contribution is -0.113. The molecule has 0 aromatic carbocycles. The molecule has 3 N–H and O–H groups in total. The molecule has 68 valence electrons. The molecule has 0 aliphatic carbocycles. The minimum Gasteiger partial charge on any atom is -0.506 e. The number of rotatable bonds is 2. The third kappa shape index (κ3) is 2.76. The number of carbonyl (C=O) groups excluding carboxylic acids is 1. The van der Waals surface area contributed by atoms with Gasteiger partial charge in [0.2, 0.25) is 5.91 Å². The highest BCUT2D eigenvalue weighted by Gasteiger charge is 1.99. The summed E-state index contributed by atoms with van der Waals surface area (Å²) in [5, 5.41) is 9.46. The van der Waals surface area contributed by atoms with Gasteiger partial charge in [-0.25, -0.2) is 4.98 Å². The van der Waals surface area contributed by atoms with Gasteiger partial charge in [0.1, 0.15) is 16.6 Å². The van der Waals surface area contributed by atoms with E-state index in [0.29, 0.717) is 0 Å². The zero-order valence-electron chi connectivity index (χ0n) is 6.57. The Hall–Kier alpha value is -1.55. The first-order chi connectivity index (χ1) is 6.09. The fraction of sp³-hybridized carbons (Fsp3) is 0. The lowest BCUT2D eigenvalue weighted by Crippen LogP contribution is -2.05. The van der Waals surface area contributed by atoms with Crippen molar-refractivity contribution < 1.29 is 9.90 Å². The molecule has 0 radical (unpaired) electrons. The molecular weight excluding hydrogens is 192 g/mol. The van der Waals surface area contributed by atoms with E-state index in [0.717, 1.165) is 6.08 Å².